The van der Waals surface area contributed by atoms with E-state index in [1.54, 1.807) is 0 Å². The lowest BCUT2D eigenvalue weighted by atomic mass is 9.91. The van der Waals surface area contributed by atoms with Gasteiger partial charge in [0.2, 0.25) is 0 Å². The molecule has 0 aliphatic carbocycles. The summed E-state index contributed by atoms with van der Waals surface area (Å²) in [6.45, 7) is 0. The molecule has 0 aliphatic heterocycles. The maximum absolute atomic E-state index is 3.58. The predicted molar refractivity (Wildman–Crippen MR) is 235 cm³/mol. The average molecular weight is 708 g/mol. The van der Waals surface area contributed by atoms with Crippen molar-refractivity contribution in [3.05, 3.63) is 218 Å². The van der Waals surface area contributed by atoms with Gasteiger partial charge in [0.05, 0.1) is 0 Å². The molecule has 0 amide bonds. The van der Waals surface area contributed by atoms with Crippen LogP contribution in [0.5, 0.6) is 0 Å². The molecule has 0 radical (unpaired) electrons. The molecule has 0 spiro atoms. The van der Waals surface area contributed by atoms with Gasteiger partial charge in [0.15, 0.2) is 0 Å². The minimum absolute atomic E-state index is 1.07. The van der Waals surface area contributed by atoms with Crippen molar-refractivity contribution in [1.29, 1.82) is 0 Å². The maximum Gasteiger partial charge on any atom is 0.0384 e. The monoisotopic (exact) mass is 707 g/mol. The second-order valence-electron chi connectivity index (χ2n) is 13.4. The Bertz CT molecular complexity index is 2770. The van der Waals surface area contributed by atoms with Crippen LogP contribution in [-0.2, 0) is 0 Å². The Morgan fingerprint density at radius 2 is 0.741 bits per heavy atom. The first kappa shape index (κ1) is 33.1. The van der Waals surface area contributed by atoms with E-state index in [1.807, 2.05) is 23.5 Å². The van der Waals surface area contributed by atoms with Crippen molar-refractivity contribution < 1.29 is 0 Å². The molecule has 1 nitrogen and oxygen atoms in total. The molecule has 0 unspecified atom stereocenters. The van der Waals surface area contributed by atoms with Crippen molar-refractivity contribution in [2.75, 3.05) is 5.32 Å². The van der Waals surface area contributed by atoms with E-state index in [1.165, 1.54) is 75.5 Å². The first-order chi connectivity index (χ1) is 26.7. The number of hydrogen-bond donors (Lipinski definition) is 1. The third-order valence-corrected chi connectivity index (χ3v) is 11.1. The van der Waals surface area contributed by atoms with Gasteiger partial charge in [-0.15, -0.1) is 11.3 Å². The zero-order valence-electron chi connectivity index (χ0n) is 29.7. The molecule has 256 valence electrons. The van der Waals surface area contributed by atoms with Crippen LogP contribution in [0.25, 0.3) is 75.5 Å². The van der Waals surface area contributed by atoms with Crippen LogP contribution in [0.2, 0.25) is 0 Å². The highest BCUT2D eigenvalue weighted by Gasteiger charge is 2.14. The van der Waals surface area contributed by atoms with Gasteiger partial charge in [-0.1, -0.05) is 170 Å². The second kappa shape index (κ2) is 15.1. The zero-order valence-corrected chi connectivity index (χ0v) is 30.5. The molecule has 1 aromatic heterocycles. The van der Waals surface area contributed by atoms with Gasteiger partial charge in [-0.05, 0) is 104 Å². The standard InChI is InChI=1S/C40H27NS.C12H10/c1-2-8-27(9-3-1)29-16-20-33(21-17-29)41-34-22-18-30(19-23-34)37-26-40-38(35-12-6-7-13-39(35)42-40)25-36(37)32-15-14-28-10-4-5-11-31(28)24-32;1-3-7-11(8-4-1)12-9-5-2-6-10-12/h1-26,41H;1-10H. The lowest BCUT2D eigenvalue weighted by Gasteiger charge is -2.14. The quantitative estimate of drug-likeness (QED) is 0.181. The van der Waals surface area contributed by atoms with E-state index < -0.39 is 0 Å². The molecule has 10 aromatic rings. The molecule has 9 aromatic carbocycles. The highest BCUT2D eigenvalue weighted by molar-refractivity contribution is 7.25. The number of rotatable bonds is 6. The van der Waals surface area contributed by atoms with Crippen molar-refractivity contribution in [1.82, 2.24) is 0 Å². The lowest BCUT2D eigenvalue weighted by Crippen LogP contribution is -1.91. The SMILES string of the molecule is c1ccc(-c2ccc(Nc3ccc(-c4cc5sc6ccccc6c5cc4-c4ccc5ccccc5c4)cc3)cc2)cc1.c1ccc(-c2ccccc2)cc1. The van der Waals surface area contributed by atoms with Crippen molar-refractivity contribution >= 4 is 53.7 Å². The van der Waals surface area contributed by atoms with Crippen LogP contribution in [0.3, 0.4) is 0 Å². The van der Waals surface area contributed by atoms with Gasteiger partial charge in [0.1, 0.15) is 0 Å². The van der Waals surface area contributed by atoms with Gasteiger partial charge < -0.3 is 5.32 Å². The average Bonchev–Trinajstić information content (AvgIpc) is 3.62. The van der Waals surface area contributed by atoms with Gasteiger partial charge in [-0.2, -0.15) is 0 Å². The van der Waals surface area contributed by atoms with Crippen LogP contribution in [0, 0.1) is 0 Å². The maximum atomic E-state index is 3.58. The van der Waals surface area contributed by atoms with E-state index >= 15 is 0 Å². The van der Waals surface area contributed by atoms with Crippen LogP contribution in [0.1, 0.15) is 0 Å². The summed E-state index contributed by atoms with van der Waals surface area (Å²) >= 11 is 1.87. The summed E-state index contributed by atoms with van der Waals surface area (Å²) in [4.78, 5) is 0. The number of fused-ring (bicyclic) bond motifs is 4. The van der Waals surface area contributed by atoms with Crippen molar-refractivity contribution in [2.45, 2.75) is 0 Å². The molecule has 0 saturated heterocycles. The van der Waals surface area contributed by atoms with E-state index in [0.29, 0.717) is 0 Å². The molecule has 0 bridgehead atoms. The summed E-state index contributed by atoms with van der Waals surface area (Å²) in [7, 11) is 0. The Balaban J connectivity index is 0.000000272. The van der Waals surface area contributed by atoms with Gasteiger partial charge in [-0.25, -0.2) is 0 Å². The fourth-order valence-corrected chi connectivity index (χ4v) is 8.27. The van der Waals surface area contributed by atoms with E-state index in [9.17, 15) is 0 Å². The van der Waals surface area contributed by atoms with E-state index in [0.717, 1.165) is 11.4 Å². The van der Waals surface area contributed by atoms with E-state index in [-0.39, 0.29) is 0 Å². The summed E-state index contributed by atoms with van der Waals surface area (Å²) in [5, 5.41) is 8.74. The Morgan fingerprint density at radius 3 is 1.35 bits per heavy atom. The van der Waals surface area contributed by atoms with E-state index in [4.69, 9.17) is 0 Å². The summed E-state index contributed by atoms with van der Waals surface area (Å²) in [5.74, 6) is 0. The van der Waals surface area contributed by atoms with Crippen LogP contribution in [0.15, 0.2) is 218 Å². The van der Waals surface area contributed by atoms with Crippen LogP contribution >= 0.6 is 11.3 Å². The fraction of sp³-hybridized carbons (Fsp3) is 0. The first-order valence-corrected chi connectivity index (χ1v) is 19.1. The number of anilines is 2. The number of nitrogens with one attached hydrogen (secondary N) is 1. The zero-order chi connectivity index (χ0) is 36.1. The summed E-state index contributed by atoms with van der Waals surface area (Å²) in [6.07, 6.45) is 0. The number of benzene rings is 9. The molecule has 1 heterocycles. The summed E-state index contributed by atoms with van der Waals surface area (Å²) in [5.41, 5.74) is 12.1. The molecule has 10 rings (SSSR count). The molecule has 2 heteroatoms. The van der Waals surface area contributed by atoms with Crippen molar-refractivity contribution in [3.8, 4) is 44.5 Å². The Morgan fingerprint density at radius 1 is 0.278 bits per heavy atom. The minimum atomic E-state index is 1.07. The molecule has 54 heavy (non-hydrogen) atoms. The van der Waals surface area contributed by atoms with Crippen molar-refractivity contribution in [3.63, 3.8) is 0 Å². The molecule has 0 atom stereocenters. The van der Waals surface area contributed by atoms with Crippen LogP contribution in [-0.4, -0.2) is 0 Å². The molecule has 1 N–H and O–H groups in total. The van der Waals surface area contributed by atoms with E-state index in [2.05, 4.69) is 212 Å². The minimum Gasteiger partial charge on any atom is -0.356 e. The van der Waals surface area contributed by atoms with Gasteiger partial charge in [-0.3, -0.25) is 0 Å². The highest BCUT2D eigenvalue weighted by Crippen LogP contribution is 2.42. The third-order valence-electron chi connectivity index (χ3n) is 9.93. The smallest absolute Gasteiger partial charge is 0.0384 e. The third kappa shape index (κ3) is 7.04. The van der Waals surface area contributed by atoms with Crippen molar-refractivity contribution in [2.24, 2.45) is 0 Å². The van der Waals surface area contributed by atoms with Crippen LogP contribution < -0.4 is 5.32 Å². The number of thiophene rings is 1. The molecule has 0 fully saturated rings. The summed E-state index contributed by atoms with van der Waals surface area (Å²) < 4.78 is 2.64. The Labute approximate surface area is 320 Å². The second-order valence-corrected chi connectivity index (χ2v) is 14.5. The molecule has 0 aliphatic rings. The highest BCUT2D eigenvalue weighted by atomic mass is 32.1. The first-order valence-electron chi connectivity index (χ1n) is 18.3. The fourth-order valence-electron chi connectivity index (χ4n) is 7.14. The number of hydrogen-bond acceptors (Lipinski definition) is 2. The summed E-state index contributed by atoms with van der Waals surface area (Å²) in [6, 6.07) is 77.6. The predicted octanol–water partition coefficient (Wildman–Crippen LogP) is 15.3. The Kier molecular flexibility index (Phi) is 9.25. The lowest BCUT2D eigenvalue weighted by molar-refractivity contribution is 1.53. The van der Waals surface area contributed by atoms with Gasteiger partial charge in [0, 0.05) is 31.5 Å². The normalized spacial score (nSPS) is 11.0. The van der Waals surface area contributed by atoms with Gasteiger partial charge in [0.25, 0.3) is 0 Å². The Hall–Kier alpha value is -6.74. The van der Waals surface area contributed by atoms with Crippen LogP contribution in [0.4, 0.5) is 11.4 Å². The molecule has 0 saturated carbocycles. The van der Waals surface area contributed by atoms with Gasteiger partial charge >= 0.3 is 0 Å². The molecular weight excluding hydrogens is 671 g/mol. The largest absolute Gasteiger partial charge is 0.356 e. The molecular formula is C52H37NS. The topological polar surface area (TPSA) is 12.0 Å².